The van der Waals surface area contributed by atoms with Crippen LogP contribution in [0.4, 0.5) is 10.5 Å². The molecule has 0 aliphatic heterocycles. The van der Waals surface area contributed by atoms with Crippen molar-refractivity contribution >= 4 is 46.9 Å². The summed E-state index contributed by atoms with van der Waals surface area (Å²) in [6.45, 7) is 1.69. The highest BCUT2D eigenvalue weighted by Crippen LogP contribution is 2.44. The lowest BCUT2D eigenvalue weighted by molar-refractivity contribution is -0.137. The van der Waals surface area contributed by atoms with Crippen LogP contribution in [0, 0.1) is 0 Å². The highest BCUT2D eigenvalue weighted by molar-refractivity contribution is 6.40. The molecule has 0 bridgehead atoms. The van der Waals surface area contributed by atoms with E-state index in [4.69, 9.17) is 33.0 Å². The maximum atomic E-state index is 12.6. The molecule has 1 unspecified atom stereocenters. The van der Waals surface area contributed by atoms with Gasteiger partial charge in [-0.05, 0) is 41.3 Å². The van der Waals surface area contributed by atoms with Gasteiger partial charge < -0.3 is 15.2 Å². The lowest BCUT2D eigenvalue weighted by atomic mass is 9.98. The summed E-state index contributed by atoms with van der Waals surface area (Å²) < 4.78 is 5.52. The molecule has 1 aliphatic carbocycles. The lowest BCUT2D eigenvalue weighted by Gasteiger charge is -2.16. The third kappa shape index (κ3) is 5.42. The van der Waals surface area contributed by atoms with Crippen molar-refractivity contribution in [3.8, 4) is 11.1 Å². The van der Waals surface area contributed by atoms with Crippen molar-refractivity contribution in [1.82, 2.24) is 5.32 Å². The van der Waals surface area contributed by atoms with Gasteiger partial charge >= 0.3 is 12.1 Å². The van der Waals surface area contributed by atoms with Crippen LogP contribution in [0.5, 0.6) is 0 Å². The number of carboxylic acid groups (broad SMARTS) is 1. The number of rotatable bonds is 7. The summed E-state index contributed by atoms with van der Waals surface area (Å²) in [7, 11) is 0. The highest BCUT2D eigenvalue weighted by atomic mass is 35.5. The van der Waals surface area contributed by atoms with E-state index in [0.29, 0.717) is 0 Å². The number of carboxylic acids is 1. The zero-order chi connectivity index (χ0) is 25.1. The maximum absolute atomic E-state index is 12.6. The van der Waals surface area contributed by atoms with Gasteiger partial charge in [0.25, 0.3) is 5.91 Å². The molecule has 0 spiro atoms. The van der Waals surface area contributed by atoms with Gasteiger partial charge in [-0.3, -0.25) is 14.9 Å². The van der Waals surface area contributed by atoms with Crippen molar-refractivity contribution in [1.29, 1.82) is 0 Å². The SMILES string of the molecule is CC(CC(=O)O)NC(=O)c1cc(Cl)c(NC(=O)OCC2c3ccccc3-c3ccccc32)c(Cl)c1. The summed E-state index contributed by atoms with van der Waals surface area (Å²) >= 11 is 12.6. The summed E-state index contributed by atoms with van der Waals surface area (Å²) in [5.74, 6) is -1.66. The molecule has 3 N–H and O–H groups in total. The third-order valence-corrected chi connectivity index (χ3v) is 6.33. The van der Waals surface area contributed by atoms with E-state index in [1.807, 2.05) is 48.5 Å². The van der Waals surface area contributed by atoms with Crippen LogP contribution in [0.3, 0.4) is 0 Å². The molecule has 0 heterocycles. The third-order valence-electron chi connectivity index (χ3n) is 5.73. The second-order valence-electron chi connectivity index (χ2n) is 8.24. The van der Waals surface area contributed by atoms with E-state index in [1.165, 1.54) is 12.1 Å². The molecule has 1 aliphatic rings. The number of halogens is 2. The van der Waals surface area contributed by atoms with E-state index in [2.05, 4.69) is 10.6 Å². The second kappa shape index (κ2) is 10.4. The Balaban J connectivity index is 1.43. The molecule has 0 saturated carbocycles. The van der Waals surface area contributed by atoms with Crippen LogP contribution in [0.2, 0.25) is 10.0 Å². The van der Waals surface area contributed by atoms with Crippen LogP contribution in [-0.4, -0.2) is 35.7 Å². The van der Waals surface area contributed by atoms with Crippen molar-refractivity contribution in [2.24, 2.45) is 0 Å². The van der Waals surface area contributed by atoms with Crippen LogP contribution in [-0.2, 0) is 9.53 Å². The summed E-state index contributed by atoms with van der Waals surface area (Å²) in [5.41, 5.74) is 4.66. The fourth-order valence-corrected chi connectivity index (χ4v) is 4.76. The van der Waals surface area contributed by atoms with Gasteiger partial charge in [-0.1, -0.05) is 71.7 Å². The number of benzene rings is 3. The number of amides is 2. The number of carbonyl (C=O) groups excluding carboxylic acids is 2. The Morgan fingerprint density at radius 3 is 2.06 bits per heavy atom. The Bertz CT molecular complexity index is 1240. The van der Waals surface area contributed by atoms with Gasteiger partial charge in [0, 0.05) is 17.5 Å². The zero-order valence-corrected chi connectivity index (χ0v) is 20.2. The van der Waals surface area contributed by atoms with E-state index in [-0.39, 0.29) is 40.2 Å². The average Bonchev–Trinajstić information content (AvgIpc) is 3.13. The van der Waals surface area contributed by atoms with E-state index in [0.717, 1.165) is 22.3 Å². The summed E-state index contributed by atoms with van der Waals surface area (Å²) in [5, 5.41) is 14.0. The van der Waals surface area contributed by atoms with Crippen molar-refractivity contribution in [2.75, 3.05) is 11.9 Å². The zero-order valence-electron chi connectivity index (χ0n) is 18.7. The Morgan fingerprint density at radius 1 is 0.971 bits per heavy atom. The highest BCUT2D eigenvalue weighted by Gasteiger charge is 2.29. The molecule has 2 amide bonds. The van der Waals surface area contributed by atoms with Crippen molar-refractivity contribution in [3.63, 3.8) is 0 Å². The number of anilines is 1. The van der Waals surface area contributed by atoms with Gasteiger partial charge in [0.2, 0.25) is 0 Å². The minimum atomic E-state index is -1.03. The Morgan fingerprint density at radius 2 is 1.51 bits per heavy atom. The standard InChI is InChI=1S/C26H22Cl2N2O5/c1-14(10-23(31)32)29-25(33)15-11-21(27)24(22(28)12-15)30-26(34)35-13-20-18-8-4-2-6-16(18)17-7-3-5-9-19(17)20/h2-9,11-12,14,20H,10,13H2,1H3,(H,29,33)(H,30,34)(H,31,32). The van der Waals surface area contributed by atoms with Gasteiger partial charge in [0.05, 0.1) is 22.2 Å². The molecule has 7 nitrogen and oxygen atoms in total. The summed E-state index contributed by atoms with van der Waals surface area (Å²) in [4.78, 5) is 35.8. The molecule has 4 rings (SSSR count). The van der Waals surface area contributed by atoms with E-state index in [1.54, 1.807) is 6.92 Å². The first-order valence-electron chi connectivity index (χ1n) is 10.9. The molecule has 0 saturated heterocycles. The topological polar surface area (TPSA) is 105 Å². The van der Waals surface area contributed by atoms with Crippen LogP contribution in [0.15, 0.2) is 60.7 Å². The molecular formula is C26H22Cl2N2O5. The predicted molar refractivity (Wildman–Crippen MR) is 134 cm³/mol. The van der Waals surface area contributed by atoms with E-state index in [9.17, 15) is 14.4 Å². The fourth-order valence-electron chi connectivity index (χ4n) is 4.18. The number of ether oxygens (including phenoxy) is 1. The Hall–Kier alpha value is -3.55. The fraction of sp³-hybridized carbons (Fsp3) is 0.192. The molecule has 3 aromatic rings. The first-order valence-corrected chi connectivity index (χ1v) is 11.6. The molecule has 0 radical (unpaired) electrons. The maximum Gasteiger partial charge on any atom is 0.411 e. The van der Waals surface area contributed by atoms with Crippen molar-refractivity contribution in [3.05, 3.63) is 87.4 Å². The van der Waals surface area contributed by atoms with Crippen molar-refractivity contribution < 1.29 is 24.2 Å². The largest absolute Gasteiger partial charge is 0.481 e. The normalized spacial score (nSPS) is 12.9. The first kappa shape index (κ1) is 24.6. The summed E-state index contributed by atoms with van der Waals surface area (Å²) in [6.07, 6.45) is -0.961. The Labute approximate surface area is 212 Å². The number of carbonyl (C=O) groups is 3. The average molecular weight is 513 g/mol. The van der Waals surface area contributed by atoms with Crippen molar-refractivity contribution in [2.45, 2.75) is 25.3 Å². The number of hydrogen-bond donors (Lipinski definition) is 3. The molecule has 180 valence electrons. The first-order chi connectivity index (χ1) is 16.7. The molecule has 3 aromatic carbocycles. The molecule has 0 aromatic heterocycles. The van der Waals surface area contributed by atoms with Crippen LogP contribution in [0.1, 0.15) is 40.7 Å². The minimum absolute atomic E-state index is 0.0436. The second-order valence-corrected chi connectivity index (χ2v) is 9.05. The molecule has 9 heteroatoms. The molecule has 35 heavy (non-hydrogen) atoms. The van der Waals surface area contributed by atoms with Gasteiger partial charge in [-0.25, -0.2) is 4.79 Å². The molecular weight excluding hydrogens is 491 g/mol. The van der Waals surface area contributed by atoms with Gasteiger partial charge in [-0.15, -0.1) is 0 Å². The number of hydrogen-bond acceptors (Lipinski definition) is 4. The van der Waals surface area contributed by atoms with Gasteiger partial charge in [-0.2, -0.15) is 0 Å². The number of aliphatic carboxylic acids is 1. The lowest BCUT2D eigenvalue weighted by Crippen LogP contribution is -2.34. The summed E-state index contributed by atoms with van der Waals surface area (Å²) in [6, 6.07) is 18.1. The minimum Gasteiger partial charge on any atom is -0.481 e. The van der Waals surface area contributed by atoms with Crippen LogP contribution in [0.25, 0.3) is 11.1 Å². The molecule has 0 fully saturated rings. The number of nitrogens with one attached hydrogen (secondary N) is 2. The van der Waals surface area contributed by atoms with Gasteiger partial charge in [0.1, 0.15) is 6.61 Å². The van der Waals surface area contributed by atoms with Gasteiger partial charge in [0.15, 0.2) is 0 Å². The Kier molecular flexibility index (Phi) is 7.28. The molecule has 1 atom stereocenters. The predicted octanol–water partition coefficient (Wildman–Crippen LogP) is 5.95. The monoisotopic (exact) mass is 512 g/mol. The number of fused-ring (bicyclic) bond motifs is 3. The van der Waals surface area contributed by atoms with E-state index < -0.39 is 24.0 Å². The van der Waals surface area contributed by atoms with E-state index >= 15 is 0 Å². The van der Waals surface area contributed by atoms with Crippen LogP contribution >= 0.6 is 23.2 Å². The quantitative estimate of drug-likeness (QED) is 0.362. The smallest absolute Gasteiger partial charge is 0.411 e. The van der Waals surface area contributed by atoms with Crippen LogP contribution < -0.4 is 10.6 Å².